The standard InChI is InChI=1S/C11H16BN3O2/c1-10(2)11(3,4)17-12(16-10)8-7-14-15(5)9(8)6-13/h7H,1-5H3. The van der Waals surface area contributed by atoms with Crippen molar-refractivity contribution in [3.05, 3.63) is 11.9 Å². The Bertz CT molecular complexity index is 471. The molecular formula is C11H16BN3O2. The first-order valence-corrected chi connectivity index (χ1v) is 5.56. The molecule has 90 valence electrons. The lowest BCUT2D eigenvalue weighted by molar-refractivity contribution is 0.00578. The smallest absolute Gasteiger partial charge is 0.399 e. The zero-order valence-corrected chi connectivity index (χ0v) is 10.8. The number of hydrogen-bond donors (Lipinski definition) is 0. The summed E-state index contributed by atoms with van der Waals surface area (Å²) in [6.45, 7) is 7.93. The molecule has 1 aromatic rings. The SMILES string of the molecule is Cn1ncc(B2OC(C)(C)C(C)(C)O2)c1C#N. The van der Waals surface area contributed by atoms with E-state index in [4.69, 9.17) is 14.6 Å². The molecule has 1 aromatic heterocycles. The molecule has 1 fully saturated rings. The zero-order valence-electron chi connectivity index (χ0n) is 10.8. The number of rotatable bonds is 1. The van der Waals surface area contributed by atoms with Gasteiger partial charge in [0.15, 0.2) is 0 Å². The summed E-state index contributed by atoms with van der Waals surface area (Å²) in [4.78, 5) is 0. The third-order valence-corrected chi connectivity index (χ3v) is 3.58. The Morgan fingerprint density at radius 1 is 1.29 bits per heavy atom. The van der Waals surface area contributed by atoms with Crippen LogP contribution in [0.4, 0.5) is 0 Å². The molecule has 0 aromatic carbocycles. The monoisotopic (exact) mass is 233 g/mol. The topological polar surface area (TPSA) is 60.1 Å². The van der Waals surface area contributed by atoms with Gasteiger partial charge in [0, 0.05) is 12.5 Å². The molecule has 1 saturated heterocycles. The van der Waals surface area contributed by atoms with Crippen LogP contribution in [0.25, 0.3) is 0 Å². The molecule has 0 N–H and O–H groups in total. The van der Waals surface area contributed by atoms with Crippen LogP contribution < -0.4 is 5.46 Å². The highest BCUT2D eigenvalue weighted by molar-refractivity contribution is 6.62. The van der Waals surface area contributed by atoms with Gasteiger partial charge in [0.2, 0.25) is 0 Å². The van der Waals surface area contributed by atoms with E-state index in [1.165, 1.54) is 4.68 Å². The van der Waals surface area contributed by atoms with E-state index in [9.17, 15) is 0 Å². The second-order valence-corrected chi connectivity index (χ2v) is 5.27. The maximum Gasteiger partial charge on any atom is 0.499 e. The van der Waals surface area contributed by atoms with Crippen LogP contribution in [0.3, 0.4) is 0 Å². The van der Waals surface area contributed by atoms with Crippen molar-refractivity contribution in [2.75, 3.05) is 0 Å². The van der Waals surface area contributed by atoms with Crippen LogP contribution in [-0.2, 0) is 16.4 Å². The molecule has 0 aliphatic carbocycles. The zero-order chi connectivity index (χ0) is 12.8. The number of aromatic nitrogens is 2. The molecule has 17 heavy (non-hydrogen) atoms. The van der Waals surface area contributed by atoms with Crippen molar-refractivity contribution in [2.45, 2.75) is 38.9 Å². The van der Waals surface area contributed by atoms with Crippen LogP contribution >= 0.6 is 0 Å². The van der Waals surface area contributed by atoms with Crippen molar-refractivity contribution in [1.29, 1.82) is 5.26 Å². The Morgan fingerprint density at radius 2 is 1.82 bits per heavy atom. The Kier molecular flexibility index (Phi) is 2.56. The molecule has 5 nitrogen and oxygen atoms in total. The summed E-state index contributed by atoms with van der Waals surface area (Å²) < 4.78 is 13.3. The lowest BCUT2D eigenvalue weighted by Gasteiger charge is -2.32. The second-order valence-electron chi connectivity index (χ2n) is 5.27. The average Bonchev–Trinajstić information content (AvgIpc) is 2.65. The molecule has 1 aliphatic rings. The van der Waals surface area contributed by atoms with Crippen molar-refractivity contribution < 1.29 is 9.31 Å². The van der Waals surface area contributed by atoms with Crippen molar-refractivity contribution in [1.82, 2.24) is 9.78 Å². The predicted octanol–water partition coefficient (Wildman–Crippen LogP) is 0.591. The predicted molar refractivity (Wildman–Crippen MR) is 63.6 cm³/mol. The Morgan fingerprint density at radius 3 is 2.29 bits per heavy atom. The van der Waals surface area contributed by atoms with Gasteiger partial charge in [0.25, 0.3) is 0 Å². The van der Waals surface area contributed by atoms with Crippen molar-refractivity contribution in [2.24, 2.45) is 7.05 Å². The number of nitrogens with zero attached hydrogens (tertiary/aromatic N) is 3. The van der Waals surface area contributed by atoms with Crippen molar-refractivity contribution in [3.63, 3.8) is 0 Å². The Hall–Kier alpha value is -1.32. The lowest BCUT2D eigenvalue weighted by atomic mass is 9.79. The molecule has 1 aliphatic heterocycles. The van der Waals surface area contributed by atoms with Gasteiger partial charge < -0.3 is 9.31 Å². The minimum atomic E-state index is -0.525. The summed E-state index contributed by atoms with van der Waals surface area (Å²) in [6, 6.07) is 2.12. The van der Waals surface area contributed by atoms with Gasteiger partial charge in [-0.25, -0.2) is 0 Å². The van der Waals surface area contributed by atoms with Crippen LogP contribution in [0.5, 0.6) is 0 Å². The average molecular weight is 233 g/mol. The second kappa shape index (κ2) is 3.59. The summed E-state index contributed by atoms with van der Waals surface area (Å²) in [7, 11) is 1.20. The maximum absolute atomic E-state index is 9.09. The summed E-state index contributed by atoms with van der Waals surface area (Å²) in [5.41, 5.74) is 0.359. The lowest BCUT2D eigenvalue weighted by Crippen LogP contribution is -2.41. The van der Waals surface area contributed by atoms with Crippen LogP contribution in [0.15, 0.2) is 6.20 Å². The molecule has 0 amide bonds. The van der Waals surface area contributed by atoms with E-state index in [1.54, 1.807) is 13.2 Å². The Balaban J connectivity index is 2.36. The number of nitriles is 1. The molecular weight excluding hydrogens is 217 g/mol. The van der Waals surface area contributed by atoms with E-state index >= 15 is 0 Å². The van der Waals surface area contributed by atoms with Gasteiger partial charge in [0.05, 0.1) is 17.4 Å². The molecule has 2 heterocycles. The fourth-order valence-corrected chi connectivity index (χ4v) is 1.73. The van der Waals surface area contributed by atoms with Crippen LogP contribution in [0.2, 0.25) is 0 Å². The summed E-state index contributed by atoms with van der Waals surface area (Å²) >= 11 is 0. The molecule has 2 rings (SSSR count). The van der Waals surface area contributed by atoms with Gasteiger partial charge in [-0.15, -0.1) is 0 Å². The molecule has 0 atom stereocenters. The first-order valence-electron chi connectivity index (χ1n) is 5.56. The summed E-state index contributed by atoms with van der Waals surface area (Å²) in [6.07, 6.45) is 1.63. The van der Waals surface area contributed by atoms with E-state index in [2.05, 4.69) is 11.2 Å². The molecule has 6 heteroatoms. The van der Waals surface area contributed by atoms with Crippen LogP contribution in [0, 0.1) is 11.3 Å². The van der Waals surface area contributed by atoms with Gasteiger partial charge in [-0.05, 0) is 27.7 Å². The third-order valence-electron chi connectivity index (χ3n) is 3.58. The van der Waals surface area contributed by atoms with Crippen molar-refractivity contribution in [3.8, 4) is 6.07 Å². The van der Waals surface area contributed by atoms with E-state index in [1.807, 2.05) is 27.7 Å². The maximum atomic E-state index is 9.09. The highest BCUT2D eigenvalue weighted by Gasteiger charge is 2.52. The largest absolute Gasteiger partial charge is 0.499 e. The fraction of sp³-hybridized carbons (Fsp3) is 0.636. The quantitative estimate of drug-likeness (QED) is 0.666. The van der Waals surface area contributed by atoms with E-state index < -0.39 is 18.3 Å². The summed E-state index contributed by atoms with van der Waals surface area (Å²) in [5, 5.41) is 13.1. The molecule has 0 bridgehead atoms. The van der Waals surface area contributed by atoms with Gasteiger partial charge in [-0.1, -0.05) is 0 Å². The molecule has 0 radical (unpaired) electrons. The van der Waals surface area contributed by atoms with Crippen LogP contribution in [0.1, 0.15) is 33.4 Å². The summed E-state index contributed by atoms with van der Waals surface area (Å²) in [5.74, 6) is 0. The van der Waals surface area contributed by atoms with Gasteiger partial charge in [-0.2, -0.15) is 10.4 Å². The highest BCUT2D eigenvalue weighted by Crippen LogP contribution is 2.36. The van der Waals surface area contributed by atoms with E-state index in [0.29, 0.717) is 11.2 Å². The first kappa shape index (κ1) is 12.2. The number of hydrogen-bond acceptors (Lipinski definition) is 4. The molecule has 0 spiro atoms. The minimum absolute atomic E-state index is 0.403. The van der Waals surface area contributed by atoms with Gasteiger partial charge in [-0.3, -0.25) is 4.68 Å². The fourth-order valence-electron chi connectivity index (χ4n) is 1.73. The van der Waals surface area contributed by atoms with Crippen LogP contribution in [-0.4, -0.2) is 28.1 Å². The molecule has 0 unspecified atom stereocenters. The molecule has 0 saturated carbocycles. The van der Waals surface area contributed by atoms with E-state index in [0.717, 1.165) is 0 Å². The highest BCUT2D eigenvalue weighted by atomic mass is 16.7. The minimum Gasteiger partial charge on any atom is -0.399 e. The normalized spacial score (nSPS) is 21.5. The third kappa shape index (κ3) is 1.76. The van der Waals surface area contributed by atoms with Crippen molar-refractivity contribution >= 4 is 12.6 Å². The van der Waals surface area contributed by atoms with E-state index in [-0.39, 0.29) is 0 Å². The first-order chi connectivity index (χ1) is 7.78. The van der Waals surface area contributed by atoms with Gasteiger partial charge >= 0.3 is 7.12 Å². The number of aryl methyl sites for hydroxylation is 1. The Labute approximate surface area is 101 Å². The van der Waals surface area contributed by atoms with Gasteiger partial charge in [0.1, 0.15) is 11.8 Å².